The summed E-state index contributed by atoms with van der Waals surface area (Å²) in [5.41, 5.74) is 2.86. The molecule has 1 N–H and O–H groups in total. The second-order valence-electron chi connectivity index (χ2n) is 6.73. The van der Waals surface area contributed by atoms with Crippen LogP contribution in [0.1, 0.15) is 18.5 Å². The zero-order valence-electron chi connectivity index (χ0n) is 14.8. The van der Waals surface area contributed by atoms with Gasteiger partial charge in [0, 0.05) is 24.8 Å². The highest BCUT2D eigenvalue weighted by atomic mass is 16.2. The van der Waals surface area contributed by atoms with Gasteiger partial charge in [-0.05, 0) is 35.7 Å². The molecule has 3 aromatic rings. The van der Waals surface area contributed by atoms with Crippen LogP contribution in [0, 0.1) is 5.92 Å². The zero-order valence-corrected chi connectivity index (χ0v) is 14.8. The second kappa shape index (κ2) is 6.63. The van der Waals surface area contributed by atoms with Crippen molar-refractivity contribution in [2.45, 2.75) is 13.0 Å². The minimum absolute atomic E-state index is 0.0688. The lowest BCUT2D eigenvalue weighted by atomic mass is 9.85. The van der Waals surface area contributed by atoms with E-state index in [0.29, 0.717) is 11.7 Å². The van der Waals surface area contributed by atoms with Crippen molar-refractivity contribution in [2.24, 2.45) is 13.0 Å². The summed E-state index contributed by atoms with van der Waals surface area (Å²) in [5.74, 6) is 1.13. The molecule has 2 amide bonds. The van der Waals surface area contributed by atoms with Crippen LogP contribution < -0.4 is 5.32 Å². The summed E-state index contributed by atoms with van der Waals surface area (Å²) in [6, 6.07) is 17.8. The number of urea groups is 1. The molecule has 0 radical (unpaired) electrons. The smallest absolute Gasteiger partial charge is 0.317 e. The average Bonchev–Trinajstić information content (AvgIpc) is 3.07. The maximum absolute atomic E-state index is 12.7. The van der Waals surface area contributed by atoms with Crippen molar-refractivity contribution in [3.05, 3.63) is 66.5 Å². The molecule has 26 heavy (non-hydrogen) atoms. The van der Waals surface area contributed by atoms with Crippen LogP contribution in [-0.2, 0) is 7.05 Å². The van der Waals surface area contributed by atoms with E-state index in [9.17, 15) is 4.79 Å². The average molecular weight is 347 g/mol. The van der Waals surface area contributed by atoms with E-state index in [0.717, 1.165) is 17.8 Å². The minimum atomic E-state index is -0.0688. The number of amides is 2. The van der Waals surface area contributed by atoms with Gasteiger partial charge in [-0.1, -0.05) is 37.3 Å². The van der Waals surface area contributed by atoms with Crippen LogP contribution in [0.25, 0.3) is 11.4 Å². The molecular weight excluding hydrogens is 326 g/mol. The SMILES string of the molecule is C[C@@H]1CN(C(=O)Nc2ccc(-c3ncn(C)n3)cc2)[C@H]1c1ccccc1. The molecule has 2 aromatic carbocycles. The van der Waals surface area contributed by atoms with E-state index in [4.69, 9.17) is 0 Å². The highest BCUT2D eigenvalue weighted by molar-refractivity contribution is 5.90. The molecule has 4 rings (SSSR count). The maximum Gasteiger partial charge on any atom is 0.322 e. The number of aryl methyl sites for hydroxylation is 1. The topological polar surface area (TPSA) is 63.1 Å². The molecule has 0 unspecified atom stereocenters. The molecule has 0 spiro atoms. The van der Waals surface area contributed by atoms with Gasteiger partial charge in [0.1, 0.15) is 6.33 Å². The molecule has 6 heteroatoms. The van der Waals surface area contributed by atoms with Gasteiger partial charge >= 0.3 is 6.03 Å². The predicted molar refractivity (Wildman–Crippen MR) is 101 cm³/mol. The Labute approximate surface area is 152 Å². The molecule has 1 aliphatic rings. The number of hydrogen-bond acceptors (Lipinski definition) is 3. The Kier molecular flexibility index (Phi) is 4.16. The molecule has 2 atom stereocenters. The number of rotatable bonds is 3. The van der Waals surface area contributed by atoms with Gasteiger partial charge in [0.2, 0.25) is 0 Å². The van der Waals surface area contributed by atoms with Crippen LogP contribution in [0.5, 0.6) is 0 Å². The van der Waals surface area contributed by atoms with Crippen molar-refractivity contribution < 1.29 is 4.79 Å². The number of nitrogens with zero attached hydrogens (tertiary/aromatic N) is 4. The lowest BCUT2D eigenvalue weighted by molar-refractivity contribution is 0.0671. The summed E-state index contributed by atoms with van der Waals surface area (Å²) in [5, 5.41) is 7.27. The van der Waals surface area contributed by atoms with E-state index in [-0.39, 0.29) is 12.1 Å². The number of hydrogen-bond donors (Lipinski definition) is 1. The van der Waals surface area contributed by atoms with Gasteiger partial charge in [-0.25, -0.2) is 9.78 Å². The van der Waals surface area contributed by atoms with Crippen LogP contribution in [0.15, 0.2) is 60.9 Å². The second-order valence-corrected chi connectivity index (χ2v) is 6.73. The minimum Gasteiger partial charge on any atom is -0.317 e. The lowest BCUT2D eigenvalue weighted by Crippen LogP contribution is -2.53. The Morgan fingerprint density at radius 3 is 2.46 bits per heavy atom. The molecular formula is C20H21N5O. The fourth-order valence-electron chi connectivity index (χ4n) is 3.43. The van der Waals surface area contributed by atoms with E-state index in [1.54, 1.807) is 11.0 Å². The fraction of sp³-hybridized carbons (Fsp3) is 0.250. The van der Waals surface area contributed by atoms with E-state index >= 15 is 0 Å². The third-order valence-corrected chi connectivity index (χ3v) is 4.76. The van der Waals surface area contributed by atoms with Gasteiger partial charge in [0.25, 0.3) is 0 Å². The number of carbonyl (C=O) groups excluding carboxylic acids is 1. The summed E-state index contributed by atoms with van der Waals surface area (Å²) in [7, 11) is 1.84. The number of likely N-dealkylation sites (tertiary alicyclic amines) is 1. The van der Waals surface area contributed by atoms with E-state index in [2.05, 4.69) is 34.5 Å². The van der Waals surface area contributed by atoms with Crippen molar-refractivity contribution in [2.75, 3.05) is 11.9 Å². The maximum atomic E-state index is 12.7. The molecule has 132 valence electrons. The number of carbonyl (C=O) groups is 1. The predicted octanol–water partition coefficient (Wildman–Crippen LogP) is 3.71. The lowest BCUT2D eigenvalue weighted by Gasteiger charge is -2.46. The molecule has 0 aliphatic carbocycles. The van der Waals surface area contributed by atoms with Gasteiger partial charge < -0.3 is 10.2 Å². The first kappa shape index (κ1) is 16.3. The van der Waals surface area contributed by atoms with Crippen molar-refractivity contribution in [1.82, 2.24) is 19.7 Å². The Bertz CT molecular complexity index is 903. The van der Waals surface area contributed by atoms with Gasteiger partial charge in [0.15, 0.2) is 5.82 Å². The van der Waals surface area contributed by atoms with Gasteiger partial charge in [-0.15, -0.1) is 0 Å². The normalized spacial score (nSPS) is 19.1. The Balaban J connectivity index is 1.45. The van der Waals surface area contributed by atoms with Crippen LogP contribution in [0.4, 0.5) is 10.5 Å². The van der Waals surface area contributed by atoms with Crippen LogP contribution >= 0.6 is 0 Å². The summed E-state index contributed by atoms with van der Waals surface area (Å²) >= 11 is 0. The van der Waals surface area contributed by atoms with Crippen molar-refractivity contribution in [3.63, 3.8) is 0 Å². The third kappa shape index (κ3) is 3.06. The molecule has 0 saturated carbocycles. The van der Waals surface area contributed by atoms with E-state index in [1.807, 2.05) is 54.4 Å². The van der Waals surface area contributed by atoms with Crippen molar-refractivity contribution >= 4 is 11.7 Å². The summed E-state index contributed by atoms with van der Waals surface area (Å²) in [6.45, 7) is 2.94. The standard InChI is InChI=1S/C20H21N5O/c1-14-12-25(18(14)15-6-4-3-5-7-15)20(26)22-17-10-8-16(9-11-17)19-21-13-24(2)23-19/h3-11,13-14,18H,12H2,1-2H3,(H,22,26)/t14-,18-/m1/s1. The highest BCUT2D eigenvalue weighted by Crippen LogP contribution is 2.38. The van der Waals surface area contributed by atoms with Crippen LogP contribution in [0.2, 0.25) is 0 Å². The third-order valence-electron chi connectivity index (χ3n) is 4.76. The Hall–Kier alpha value is -3.15. The summed E-state index contributed by atoms with van der Waals surface area (Å²) in [4.78, 5) is 18.8. The van der Waals surface area contributed by atoms with Crippen molar-refractivity contribution in [1.29, 1.82) is 0 Å². The molecule has 6 nitrogen and oxygen atoms in total. The number of aromatic nitrogens is 3. The first-order valence-electron chi connectivity index (χ1n) is 8.70. The van der Waals surface area contributed by atoms with E-state index in [1.165, 1.54) is 5.56 Å². The first-order chi connectivity index (χ1) is 12.6. The van der Waals surface area contributed by atoms with Crippen molar-refractivity contribution in [3.8, 4) is 11.4 Å². The molecule has 1 aliphatic heterocycles. The fourth-order valence-corrected chi connectivity index (χ4v) is 3.43. The van der Waals surface area contributed by atoms with Crippen LogP contribution in [-0.4, -0.2) is 32.2 Å². The zero-order chi connectivity index (χ0) is 18.1. The first-order valence-corrected chi connectivity index (χ1v) is 8.70. The molecule has 1 fully saturated rings. The van der Waals surface area contributed by atoms with Gasteiger partial charge in [-0.2, -0.15) is 5.10 Å². The van der Waals surface area contributed by atoms with Gasteiger partial charge in [-0.3, -0.25) is 4.68 Å². The Morgan fingerprint density at radius 2 is 1.85 bits per heavy atom. The molecule has 1 aromatic heterocycles. The molecule has 0 bridgehead atoms. The van der Waals surface area contributed by atoms with Gasteiger partial charge in [0.05, 0.1) is 6.04 Å². The Morgan fingerprint density at radius 1 is 1.12 bits per heavy atom. The number of nitrogens with one attached hydrogen (secondary N) is 1. The summed E-state index contributed by atoms with van der Waals surface area (Å²) < 4.78 is 1.67. The summed E-state index contributed by atoms with van der Waals surface area (Å²) in [6.07, 6.45) is 1.67. The van der Waals surface area contributed by atoms with E-state index < -0.39 is 0 Å². The largest absolute Gasteiger partial charge is 0.322 e. The monoisotopic (exact) mass is 347 g/mol. The number of anilines is 1. The quantitative estimate of drug-likeness (QED) is 0.786. The molecule has 1 saturated heterocycles. The number of benzene rings is 2. The van der Waals surface area contributed by atoms with Crippen LogP contribution in [0.3, 0.4) is 0 Å². The highest BCUT2D eigenvalue weighted by Gasteiger charge is 2.39. The molecule has 2 heterocycles.